The molecule has 0 unspecified atom stereocenters. The number of aliphatic carboxylic acids is 1. The standard InChI is InChI=1S/C22H36O5/c1-4-5-8-11-17(26-2)14-15-19-18(20(23)16-21(19)27-3)12-9-6-7-10-13-22(24)25/h6,9,14-15,17-19,21H,4-5,7-8,10-13,16H2,1-3H3,(H,24,25)/b9-6-,15-14+/t17-,18+,19+,21+/m0/s1. The number of methoxy groups -OCH3 is 2. The van der Waals surface area contributed by atoms with Crippen molar-refractivity contribution < 1.29 is 24.2 Å². The second kappa shape index (κ2) is 13.7. The van der Waals surface area contributed by atoms with Gasteiger partial charge in [0.25, 0.3) is 0 Å². The monoisotopic (exact) mass is 380 g/mol. The van der Waals surface area contributed by atoms with Gasteiger partial charge in [-0.25, -0.2) is 0 Å². The molecule has 0 heterocycles. The third kappa shape index (κ3) is 8.85. The molecule has 0 aromatic heterocycles. The lowest BCUT2D eigenvalue weighted by molar-refractivity contribution is -0.137. The summed E-state index contributed by atoms with van der Waals surface area (Å²) in [4.78, 5) is 23.0. The van der Waals surface area contributed by atoms with Crippen LogP contribution in [0, 0.1) is 11.8 Å². The fourth-order valence-corrected chi connectivity index (χ4v) is 3.62. The summed E-state index contributed by atoms with van der Waals surface area (Å²) in [5.41, 5.74) is 0. The molecule has 5 heteroatoms. The number of carboxylic acids is 1. The molecule has 1 rings (SSSR count). The molecule has 1 aliphatic rings. The van der Waals surface area contributed by atoms with E-state index in [9.17, 15) is 9.59 Å². The van der Waals surface area contributed by atoms with E-state index in [0.29, 0.717) is 19.3 Å². The predicted molar refractivity (Wildman–Crippen MR) is 107 cm³/mol. The lowest BCUT2D eigenvalue weighted by Gasteiger charge is -2.20. The van der Waals surface area contributed by atoms with Crippen LogP contribution in [0.2, 0.25) is 0 Å². The summed E-state index contributed by atoms with van der Waals surface area (Å²) in [5, 5.41) is 8.66. The van der Waals surface area contributed by atoms with Crippen LogP contribution in [0.25, 0.3) is 0 Å². The molecule has 5 nitrogen and oxygen atoms in total. The lowest BCUT2D eigenvalue weighted by atomic mass is 9.90. The van der Waals surface area contributed by atoms with Gasteiger partial charge >= 0.3 is 5.97 Å². The van der Waals surface area contributed by atoms with E-state index in [1.54, 1.807) is 14.2 Å². The van der Waals surface area contributed by atoms with E-state index in [1.807, 2.05) is 12.2 Å². The first kappa shape index (κ1) is 23.6. The van der Waals surface area contributed by atoms with E-state index >= 15 is 0 Å². The summed E-state index contributed by atoms with van der Waals surface area (Å²) < 4.78 is 11.1. The number of ketones is 1. The van der Waals surface area contributed by atoms with Crippen molar-refractivity contribution >= 4 is 11.8 Å². The Kier molecular flexibility index (Phi) is 11.9. The number of allylic oxidation sites excluding steroid dienone is 2. The third-order valence-electron chi connectivity index (χ3n) is 5.27. The quantitative estimate of drug-likeness (QED) is 0.353. The summed E-state index contributed by atoms with van der Waals surface area (Å²) >= 11 is 0. The number of ether oxygens (including phenoxy) is 2. The van der Waals surface area contributed by atoms with E-state index < -0.39 is 5.97 Å². The van der Waals surface area contributed by atoms with Gasteiger partial charge in [0.2, 0.25) is 0 Å². The largest absolute Gasteiger partial charge is 0.481 e. The van der Waals surface area contributed by atoms with Gasteiger partial charge < -0.3 is 14.6 Å². The second-order valence-electron chi connectivity index (χ2n) is 7.28. The molecule has 0 bridgehead atoms. The van der Waals surface area contributed by atoms with Gasteiger partial charge in [-0.05, 0) is 25.7 Å². The molecule has 1 aliphatic carbocycles. The molecule has 0 aromatic rings. The normalized spacial score (nSPS) is 24.3. The van der Waals surface area contributed by atoms with Crippen LogP contribution in [-0.4, -0.2) is 43.3 Å². The number of hydrogen-bond acceptors (Lipinski definition) is 4. The van der Waals surface area contributed by atoms with Crippen LogP contribution in [0.3, 0.4) is 0 Å². The maximum absolute atomic E-state index is 12.4. The Labute approximate surface area is 163 Å². The molecule has 0 aliphatic heterocycles. The Hall–Kier alpha value is -1.46. The van der Waals surface area contributed by atoms with Gasteiger partial charge in [0.15, 0.2) is 0 Å². The van der Waals surface area contributed by atoms with E-state index in [0.717, 1.165) is 19.3 Å². The molecule has 0 aromatic carbocycles. The number of Topliss-reactive ketones (excluding diaryl/α,β-unsaturated/α-hetero) is 1. The minimum Gasteiger partial charge on any atom is -0.481 e. The molecule has 0 radical (unpaired) electrons. The predicted octanol–water partition coefficient (Wildman–Crippen LogP) is 4.56. The van der Waals surface area contributed by atoms with Gasteiger partial charge in [-0.15, -0.1) is 0 Å². The van der Waals surface area contributed by atoms with Crippen molar-refractivity contribution in [1.29, 1.82) is 0 Å². The van der Waals surface area contributed by atoms with Crippen LogP contribution in [0.5, 0.6) is 0 Å². The van der Waals surface area contributed by atoms with Crippen LogP contribution < -0.4 is 0 Å². The van der Waals surface area contributed by atoms with Crippen LogP contribution in [0.1, 0.15) is 64.7 Å². The maximum Gasteiger partial charge on any atom is 0.303 e. The van der Waals surface area contributed by atoms with Gasteiger partial charge in [-0.2, -0.15) is 0 Å². The van der Waals surface area contributed by atoms with Crippen molar-refractivity contribution in [3.05, 3.63) is 24.3 Å². The van der Waals surface area contributed by atoms with Gasteiger partial charge in [-0.1, -0.05) is 50.5 Å². The van der Waals surface area contributed by atoms with Gasteiger partial charge in [0.1, 0.15) is 5.78 Å². The molecule has 0 saturated heterocycles. The fourth-order valence-electron chi connectivity index (χ4n) is 3.62. The molecule has 1 saturated carbocycles. The van der Waals surface area contributed by atoms with Crippen molar-refractivity contribution in [2.24, 2.45) is 11.8 Å². The summed E-state index contributed by atoms with van der Waals surface area (Å²) in [6.07, 6.45) is 15.4. The number of rotatable bonds is 14. The van der Waals surface area contributed by atoms with E-state index in [4.69, 9.17) is 14.6 Å². The van der Waals surface area contributed by atoms with Crippen LogP contribution >= 0.6 is 0 Å². The Morgan fingerprint density at radius 2 is 2.04 bits per heavy atom. The minimum atomic E-state index is -0.769. The summed E-state index contributed by atoms with van der Waals surface area (Å²) in [7, 11) is 3.39. The van der Waals surface area contributed by atoms with Gasteiger partial charge in [-0.3, -0.25) is 9.59 Å². The van der Waals surface area contributed by atoms with E-state index in [2.05, 4.69) is 19.1 Å². The molecule has 0 spiro atoms. The highest BCUT2D eigenvalue weighted by Crippen LogP contribution is 2.35. The van der Waals surface area contributed by atoms with Crippen molar-refractivity contribution in [1.82, 2.24) is 0 Å². The Bertz CT molecular complexity index is 497. The van der Waals surface area contributed by atoms with Crippen molar-refractivity contribution in [3.8, 4) is 0 Å². The Balaban J connectivity index is 2.62. The molecule has 1 N–H and O–H groups in total. The lowest BCUT2D eigenvalue weighted by Crippen LogP contribution is -2.20. The van der Waals surface area contributed by atoms with Crippen LogP contribution in [0.15, 0.2) is 24.3 Å². The maximum atomic E-state index is 12.4. The second-order valence-corrected chi connectivity index (χ2v) is 7.28. The minimum absolute atomic E-state index is 0.0648. The molecule has 154 valence electrons. The first-order valence-corrected chi connectivity index (χ1v) is 10.2. The fraction of sp³-hybridized carbons (Fsp3) is 0.727. The first-order valence-electron chi connectivity index (χ1n) is 10.2. The first-order chi connectivity index (χ1) is 13.0. The highest BCUT2D eigenvalue weighted by atomic mass is 16.5. The molecule has 27 heavy (non-hydrogen) atoms. The highest BCUT2D eigenvalue weighted by molar-refractivity contribution is 5.84. The van der Waals surface area contributed by atoms with Gasteiger partial charge in [0.05, 0.1) is 12.2 Å². The Morgan fingerprint density at radius 3 is 2.67 bits per heavy atom. The van der Waals surface area contributed by atoms with Crippen LogP contribution in [0.4, 0.5) is 0 Å². The molecule has 4 atom stereocenters. The number of unbranched alkanes of at least 4 members (excludes halogenated alkanes) is 3. The average Bonchev–Trinajstić information content (AvgIpc) is 2.95. The number of hydrogen-bond donors (Lipinski definition) is 1. The number of carboxylic acid groups (broad SMARTS) is 1. The highest BCUT2D eigenvalue weighted by Gasteiger charge is 2.40. The summed E-state index contributed by atoms with van der Waals surface area (Å²) in [6, 6.07) is 0. The summed E-state index contributed by atoms with van der Waals surface area (Å²) in [5.74, 6) is -0.536. The topological polar surface area (TPSA) is 72.8 Å². The van der Waals surface area contributed by atoms with E-state index in [1.165, 1.54) is 12.8 Å². The van der Waals surface area contributed by atoms with Crippen molar-refractivity contribution in [2.75, 3.05) is 14.2 Å². The molecule has 1 fully saturated rings. The zero-order valence-corrected chi connectivity index (χ0v) is 17.1. The molecular formula is C22H36O5. The van der Waals surface area contributed by atoms with Crippen molar-refractivity contribution in [2.45, 2.75) is 76.9 Å². The third-order valence-corrected chi connectivity index (χ3v) is 5.27. The molecular weight excluding hydrogens is 344 g/mol. The SMILES string of the molecule is CCCCC[C@@H](/C=C/[C@H]1[C@H](OC)CC(=O)[C@@H]1C/C=C\CCCC(=O)O)OC. The number of carbonyl (C=O) groups excluding carboxylic acids is 1. The average molecular weight is 381 g/mol. The van der Waals surface area contributed by atoms with Gasteiger partial charge in [0, 0.05) is 38.9 Å². The Morgan fingerprint density at radius 1 is 1.26 bits per heavy atom. The van der Waals surface area contributed by atoms with Crippen LogP contribution in [-0.2, 0) is 19.1 Å². The summed E-state index contributed by atoms with van der Waals surface area (Å²) in [6.45, 7) is 2.19. The number of carbonyl (C=O) groups is 2. The smallest absolute Gasteiger partial charge is 0.303 e. The van der Waals surface area contributed by atoms with E-state index in [-0.39, 0.29) is 36.2 Å². The van der Waals surface area contributed by atoms with Crippen molar-refractivity contribution in [3.63, 3.8) is 0 Å². The zero-order chi connectivity index (χ0) is 20.1. The zero-order valence-electron chi connectivity index (χ0n) is 17.1. The molecule has 0 amide bonds.